The van der Waals surface area contributed by atoms with Crippen molar-refractivity contribution >= 4 is 23.5 Å². The Balaban J connectivity index is 2.89. The Morgan fingerprint density at radius 1 is 1.33 bits per heavy atom. The topological polar surface area (TPSA) is 73.6 Å². The number of pyridine rings is 1. The van der Waals surface area contributed by atoms with Crippen molar-refractivity contribution in [1.29, 1.82) is 0 Å². The molecule has 1 aromatic carbocycles. The molecule has 0 amide bonds. The highest BCUT2D eigenvalue weighted by Gasteiger charge is 2.23. The van der Waals surface area contributed by atoms with E-state index in [1.54, 1.807) is 12.1 Å². The van der Waals surface area contributed by atoms with Crippen LogP contribution in [0.15, 0.2) is 24.4 Å². The first kappa shape index (κ1) is 9.88. The summed E-state index contributed by atoms with van der Waals surface area (Å²) >= 11 is 0. The lowest BCUT2D eigenvalue weighted by atomic mass is 9.78. The first-order valence-corrected chi connectivity index (χ1v) is 4.23. The molecule has 4 nitrogen and oxygen atoms in total. The maximum absolute atomic E-state index is 13.4. The quantitative estimate of drug-likeness (QED) is 0.564. The second kappa shape index (κ2) is 3.49. The number of aromatic nitrogens is 1. The molecule has 2 aromatic rings. The minimum atomic E-state index is -2.01. The zero-order valence-corrected chi connectivity index (χ0v) is 7.55. The van der Waals surface area contributed by atoms with Crippen LogP contribution < -0.4 is 5.46 Å². The fourth-order valence-corrected chi connectivity index (χ4v) is 1.45. The summed E-state index contributed by atoms with van der Waals surface area (Å²) in [5.74, 6) is -1.69. The van der Waals surface area contributed by atoms with Crippen molar-refractivity contribution in [3.8, 4) is 5.75 Å². The maximum atomic E-state index is 13.4. The van der Waals surface area contributed by atoms with Crippen LogP contribution in [0.5, 0.6) is 5.75 Å². The molecule has 76 valence electrons. The molecule has 0 saturated carbocycles. The molecule has 3 N–H and O–H groups in total. The lowest BCUT2D eigenvalue weighted by molar-refractivity contribution is 0.414. The predicted molar refractivity (Wildman–Crippen MR) is 53.2 cm³/mol. The van der Waals surface area contributed by atoms with Gasteiger partial charge in [0.1, 0.15) is 0 Å². The maximum Gasteiger partial charge on any atom is 0.493 e. The van der Waals surface area contributed by atoms with E-state index < -0.39 is 24.1 Å². The van der Waals surface area contributed by atoms with E-state index >= 15 is 0 Å². The molecular formula is C9H7BFNO3. The van der Waals surface area contributed by atoms with Crippen LogP contribution in [-0.4, -0.2) is 27.3 Å². The standard InChI is InChI=1S/C9H7BFNO3/c11-8-6(13)4-5-2-1-3-12-9(5)7(8)10(14)15/h1-4,13-15H. The Kier molecular flexibility index (Phi) is 2.30. The third kappa shape index (κ3) is 1.53. The van der Waals surface area contributed by atoms with Crippen molar-refractivity contribution in [1.82, 2.24) is 4.98 Å². The van der Waals surface area contributed by atoms with Gasteiger partial charge in [-0.2, -0.15) is 0 Å². The summed E-state index contributed by atoms with van der Waals surface area (Å²) in [4.78, 5) is 3.83. The summed E-state index contributed by atoms with van der Waals surface area (Å²) in [7, 11) is -2.01. The summed E-state index contributed by atoms with van der Waals surface area (Å²) < 4.78 is 13.4. The lowest BCUT2D eigenvalue weighted by Crippen LogP contribution is -2.34. The molecule has 0 radical (unpaired) electrons. The highest BCUT2D eigenvalue weighted by molar-refractivity contribution is 6.61. The van der Waals surface area contributed by atoms with Gasteiger partial charge in [-0.15, -0.1) is 0 Å². The van der Waals surface area contributed by atoms with Gasteiger partial charge in [0.05, 0.1) is 5.52 Å². The van der Waals surface area contributed by atoms with Crippen molar-refractivity contribution < 1.29 is 19.5 Å². The van der Waals surface area contributed by atoms with Crippen molar-refractivity contribution in [2.45, 2.75) is 0 Å². The van der Waals surface area contributed by atoms with Crippen LogP contribution in [0, 0.1) is 5.82 Å². The minimum absolute atomic E-state index is 0.128. The van der Waals surface area contributed by atoms with Gasteiger partial charge in [-0.3, -0.25) is 4.98 Å². The Labute approximate surface area is 84.8 Å². The van der Waals surface area contributed by atoms with Gasteiger partial charge in [0.2, 0.25) is 0 Å². The fraction of sp³-hybridized carbons (Fsp3) is 0. The Morgan fingerprint density at radius 2 is 2.07 bits per heavy atom. The third-order valence-electron chi connectivity index (χ3n) is 2.11. The molecule has 0 unspecified atom stereocenters. The number of phenolic OH excluding ortho intramolecular Hbond substituents is 1. The summed E-state index contributed by atoms with van der Waals surface area (Å²) in [6, 6.07) is 4.38. The van der Waals surface area contributed by atoms with Gasteiger partial charge in [-0.1, -0.05) is 6.07 Å². The van der Waals surface area contributed by atoms with Crippen LogP contribution in [-0.2, 0) is 0 Å². The molecule has 0 spiro atoms. The van der Waals surface area contributed by atoms with Crippen LogP contribution in [0.25, 0.3) is 10.9 Å². The van der Waals surface area contributed by atoms with E-state index in [9.17, 15) is 9.50 Å². The van der Waals surface area contributed by atoms with Crippen LogP contribution in [0.4, 0.5) is 4.39 Å². The van der Waals surface area contributed by atoms with Gasteiger partial charge >= 0.3 is 7.12 Å². The molecular weight excluding hydrogens is 200 g/mol. The van der Waals surface area contributed by atoms with Crippen molar-refractivity contribution in [2.24, 2.45) is 0 Å². The average molecular weight is 207 g/mol. The number of nitrogens with zero attached hydrogens (tertiary/aromatic N) is 1. The number of benzene rings is 1. The highest BCUT2D eigenvalue weighted by atomic mass is 19.1. The number of phenols is 1. The summed E-state index contributed by atoms with van der Waals surface area (Å²) in [6.45, 7) is 0. The number of rotatable bonds is 1. The molecule has 0 aliphatic rings. The lowest BCUT2D eigenvalue weighted by Gasteiger charge is -2.07. The first-order chi connectivity index (χ1) is 7.11. The van der Waals surface area contributed by atoms with Crippen molar-refractivity contribution in [3.05, 3.63) is 30.2 Å². The fourth-order valence-electron chi connectivity index (χ4n) is 1.45. The monoisotopic (exact) mass is 207 g/mol. The smallest absolute Gasteiger partial charge is 0.493 e. The molecule has 0 aliphatic heterocycles. The molecule has 0 atom stereocenters. The van der Waals surface area contributed by atoms with Crippen molar-refractivity contribution in [3.63, 3.8) is 0 Å². The van der Waals surface area contributed by atoms with Gasteiger partial charge < -0.3 is 15.2 Å². The minimum Gasteiger partial charge on any atom is -0.505 e. The highest BCUT2D eigenvalue weighted by Crippen LogP contribution is 2.20. The normalized spacial score (nSPS) is 10.6. The molecule has 1 aromatic heterocycles. The zero-order chi connectivity index (χ0) is 11.0. The number of halogens is 1. The molecule has 6 heteroatoms. The van der Waals surface area contributed by atoms with Gasteiger partial charge in [0, 0.05) is 17.0 Å². The molecule has 0 fully saturated rings. The van der Waals surface area contributed by atoms with Crippen LogP contribution >= 0.6 is 0 Å². The van der Waals surface area contributed by atoms with Crippen molar-refractivity contribution in [2.75, 3.05) is 0 Å². The van der Waals surface area contributed by atoms with E-state index in [0.29, 0.717) is 5.39 Å². The number of fused-ring (bicyclic) bond motifs is 1. The average Bonchev–Trinajstić information content (AvgIpc) is 2.19. The SMILES string of the molecule is OB(O)c1c(F)c(O)cc2cccnc12. The molecule has 2 rings (SSSR count). The Bertz CT molecular complexity index is 518. The number of aromatic hydroxyl groups is 1. The van der Waals surface area contributed by atoms with Crippen LogP contribution in [0.2, 0.25) is 0 Å². The molecule has 1 heterocycles. The second-order valence-corrected chi connectivity index (χ2v) is 3.07. The first-order valence-electron chi connectivity index (χ1n) is 4.23. The molecule has 15 heavy (non-hydrogen) atoms. The zero-order valence-electron chi connectivity index (χ0n) is 7.55. The van der Waals surface area contributed by atoms with Gasteiger partial charge in [0.15, 0.2) is 11.6 Å². The van der Waals surface area contributed by atoms with E-state index in [2.05, 4.69) is 4.98 Å². The van der Waals surface area contributed by atoms with E-state index in [1.165, 1.54) is 12.3 Å². The second-order valence-electron chi connectivity index (χ2n) is 3.07. The van der Waals surface area contributed by atoms with E-state index in [0.717, 1.165) is 0 Å². The Morgan fingerprint density at radius 3 is 2.73 bits per heavy atom. The van der Waals surface area contributed by atoms with E-state index in [1.807, 2.05) is 0 Å². The summed E-state index contributed by atoms with van der Waals surface area (Å²) in [5.41, 5.74) is -0.284. The summed E-state index contributed by atoms with van der Waals surface area (Å²) in [5, 5.41) is 27.6. The van der Waals surface area contributed by atoms with E-state index in [-0.39, 0.29) is 5.52 Å². The summed E-state index contributed by atoms with van der Waals surface area (Å²) in [6.07, 6.45) is 1.41. The van der Waals surface area contributed by atoms with Crippen LogP contribution in [0.3, 0.4) is 0 Å². The van der Waals surface area contributed by atoms with E-state index in [4.69, 9.17) is 10.0 Å². The predicted octanol–water partition coefficient (Wildman–Crippen LogP) is -0.241. The largest absolute Gasteiger partial charge is 0.505 e. The number of hydrogen-bond acceptors (Lipinski definition) is 4. The Hall–Kier alpha value is -1.66. The van der Waals surface area contributed by atoms with Gasteiger partial charge in [-0.05, 0) is 12.1 Å². The van der Waals surface area contributed by atoms with Crippen LogP contribution in [0.1, 0.15) is 0 Å². The van der Waals surface area contributed by atoms with Gasteiger partial charge in [0.25, 0.3) is 0 Å². The molecule has 0 aliphatic carbocycles. The molecule has 0 bridgehead atoms. The van der Waals surface area contributed by atoms with Gasteiger partial charge in [-0.25, -0.2) is 4.39 Å². The number of hydrogen-bond donors (Lipinski definition) is 3. The third-order valence-corrected chi connectivity index (χ3v) is 2.11. The molecule has 0 saturated heterocycles.